The van der Waals surface area contributed by atoms with Crippen LogP contribution in [0.25, 0.3) is 0 Å². The van der Waals surface area contributed by atoms with E-state index in [1.807, 2.05) is 23.1 Å². The van der Waals surface area contributed by atoms with Crippen molar-refractivity contribution in [3.8, 4) is 0 Å². The van der Waals surface area contributed by atoms with Gasteiger partial charge in [-0.15, -0.1) is 0 Å². The molecule has 1 fully saturated rings. The van der Waals surface area contributed by atoms with Crippen molar-refractivity contribution in [2.24, 2.45) is 4.99 Å². The van der Waals surface area contributed by atoms with Crippen molar-refractivity contribution in [2.75, 3.05) is 37.7 Å². The first-order valence-corrected chi connectivity index (χ1v) is 8.72. The zero-order chi connectivity index (χ0) is 17.2. The molecule has 25 heavy (non-hydrogen) atoms. The van der Waals surface area contributed by atoms with Crippen molar-refractivity contribution in [1.29, 1.82) is 0 Å². The summed E-state index contributed by atoms with van der Waals surface area (Å²) in [5.74, 6) is 0.699. The number of rotatable bonds is 3. The maximum atomic E-state index is 12.7. The molecule has 6 heteroatoms. The van der Waals surface area contributed by atoms with Crippen molar-refractivity contribution in [2.45, 2.75) is 19.3 Å². The van der Waals surface area contributed by atoms with Gasteiger partial charge in [0.1, 0.15) is 5.82 Å². The normalized spacial score (nSPS) is 20.2. The second-order valence-corrected chi connectivity index (χ2v) is 6.52. The van der Waals surface area contributed by atoms with Gasteiger partial charge in [-0.2, -0.15) is 0 Å². The molecule has 130 valence electrons. The van der Waals surface area contributed by atoms with Gasteiger partial charge in [0.05, 0.1) is 19.6 Å². The van der Waals surface area contributed by atoms with Crippen LogP contribution in [0.15, 0.2) is 41.2 Å². The van der Waals surface area contributed by atoms with Gasteiger partial charge < -0.3 is 14.5 Å². The molecule has 6 nitrogen and oxygen atoms in total. The number of aliphatic imine (C=N–C) groups is 1. The van der Waals surface area contributed by atoms with E-state index in [2.05, 4.69) is 16.0 Å². The number of morpholine rings is 1. The predicted molar refractivity (Wildman–Crippen MR) is 94.7 cm³/mol. The third-order valence-electron chi connectivity index (χ3n) is 4.82. The lowest BCUT2D eigenvalue weighted by molar-refractivity contribution is -0.117. The zero-order valence-electron chi connectivity index (χ0n) is 14.1. The second kappa shape index (κ2) is 6.80. The number of benzene rings is 1. The Balaban J connectivity index is 1.48. The topological polar surface area (TPSA) is 62.2 Å². The van der Waals surface area contributed by atoms with Gasteiger partial charge in [0.15, 0.2) is 5.78 Å². The molecule has 0 bridgehead atoms. The standard InChI is InChI=1S/C19H21N3O3/c23-16-11-15(20-18(13-16)21-7-9-25-10-8-21)12-19(24)22-6-5-14-3-1-2-4-17(14)22/h1-4,13H,5-12H2. The number of ether oxygens (including phenoxy) is 1. The van der Waals surface area contributed by atoms with E-state index >= 15 is 0 Å². The molecule has 0 saturated carbocycles. The van der Waals surface area contributed by atoms with E-state index in [9.17, 15) is 9.59 Å². The number of hydrogen-bond acceptors (Lipinski definition) is 5. The molecular weight excluding hydrogens is 318 g/mol. The lowest BCUT2D eigenvalue weighted by atomic mass is 10.1. The maximum Gasteiger partial charge on any atom is 0.232 e. The van der Waals surface area contributed by atoms with Crippen LogP contribution >= 0.6 is 0 Å². The zero-order valence-corrected chi connectivity index (χ0v) is 14.1. The molecule has 3 heterocycles. The Morgan fingerprint density at radius 3 is 2.80 bits per heavy atom. The van der Waals surface area contributed by atoms with Gasteiger partial charge in [0.25, 0.3) is 0 Å². The summed E-state index contributed by atoms with van der Waals surface area (Å²) in [4.78, 5) is 33.3. The molecule has 0 N–H and O–H groups in total. The van der Waals surface area contributed by atoms with E-state index in [0.717, 1.165) is 25.2 Å². The van der Waals surface area contributed by atoms with Crippen LogP contribution in [0.5, 0.6) is 0 Å². The molecule has 0 spiro atoms. The van der Waals surface area contributed by atoms with E-state index in [1.54, 1.807) is 6.08 Å². The van der Waals surface area contributed by atoms with Gasteiger partial charge in [-0.25, -0.2) is 4.99 Å². The highest BCUT2D eigenvalue weighted by Gasteiger charge is 2.27. The Labute approximate surface area is 146 Å². The maximum absolute atomic E-state index is 12.7. The fourth-order valence-electron chi connectivity index (χ4n) is 3.55. The smallest absolute Gasteiger partial charge is 0.232 e. The van der Waals surface area contributed by atoms with Crippen LogP contribution < -0.4 is 4.90 Å². The molecule has 4 rings (SSSR count). The van der Waals surface area contributed by atoms with E-state index in [4.69, 9.17) is 4.74 Å². The van der Waals surface area contributed by atoms with Gasteiger partial charge in [-0.3, -0.25) is 9.59 Å². The average molecular weight is 339 g/mol. The van der Waals surface area contributed by atoms with Crippen molar-refractivity contribution < 1.29 is 14.3 Å². The fraction of sp³-hybridized carbons (Fsp3) is 0.421. The number of ketones is 1. The Morgan fingerprint density at radius 2 is 1.96 bits per heavy atom. The SMILES string of the molecule is O=C1C=C(N2CCOCC2)N=C(CC(=O)N2CCc3ccccc32)C1. The highest BCUT2D eigenvalue weighted by Crippen LogP contribution is 2.28. The average Bonchev–Trinajstić information content (AvgIpc) is 3.06. The van der Waals surface area contributed by atoms with Crippen molar-refractivity contribution in [3.05, 3.63) is 41.7 Å². The summed E-state index contributed by atoms with van der Waals surface area (Å²) in [7, 11) is 0. The number of amides is 1. The summed E-state index contributed by atoms with van der Waals surface area (Å²) < 4.78 is 5.35. The van der Waals surface area contributed by atoms with Crippen LogP contribution in [0.1, 0.15) is 18.4 Å². The molecule has 1 aromatic rings. The Hall–Kier alpha value is -2.47. The molecule has 0 unspecified atom stereocenters. The van der Waals surface area contributed by atoms with Gasteiger partial charge in [-0.05, 0) is 18.1 Å². The summed E-state index contributed by atoms with van der Waals surface area (Å²) in [5.41, 5.74) is 2.84. The third kappa shape index (κ3) is 3.35. The largest absolute Gasteiger partial charge is 0.378 e. The summed E-state index contributed by atoms with van der Waals surface area (Å²) in [6, 6.07) is 7.98. The number of anilines is 1. The minimum Gasteiger partial charge on any atom is -0.378 e. The monoisotopic (exact) mass is 339 g/mol. The lowest BCUT2D eigenvalue weighted by Crippen LogP contribution is -2.37. The minimum atomic E-state index is 0.0136. The Morgan fingerprint density at radius 1 is 1.16 bits per heavy atom. The highest BCUT2D eigenvalue weighted by atomic mass is 16.5. The van der Waals surface area contributed by atoms with Gasteiger partial charge in [0.2, 0.25) is 5.91 Å². The second-order valence-electron chi connectivity index (χ2n) is 6.52. The van der Waals surface area contributed by atoms with E-state index < -0.39 is 0 Å². The molecule has 3 aliphatic heterocycles. The fourth-order valence-corrected chi connectivity index (χ4v) is 3.55. The van der Waals surface area contributed by atoms with Crippen molar-refractivity contribution in [3.63, 3.8) is 0 Å². The molecule has 1 saturated heterocycles. The number of allylic oxidation sites excluding steroid dienone is 1. The summed E-state index contributed by atoms with van der Waals surface area (Å²) in [5, 5.41) is 0. The number of carbonyl (C=O) groups is 2. The summed E-state index contributed by atoms with van der Waals surface area (Å²) >= 11 is 0. The number of hydrogen-bond donors (Lipinski definition) is 0. The van der Waals surface area contributed by atoms with Crippen LogP contribution in [-0.2, 0) is 20.7 Å². The van der Waals surface area contributed by atoms with E-state index in [0.29, 0.717) is 31.3 Å². The Kier molecular flexibility index (Phi) is 4.36. The highest BCUT2D eigenvalue weighted by molar-refractivity contribution is 6.16. The molecule has 0 aromatic heterocycles. The van der Waals surface area contributed by atoms with Crippen LogP contribution in [0.3, 0.4) is 0 Å². The van der Waals surface area contributed by atoms with Crippen LogP contribution in [0, 0.1) is 0 Å². The minimum absolute atomic E-state index is 0.0136. The Bertz CT molecular complexity index is 763. The van der Waals surface area contributed by atoms with Gasteiger partial charge in [0, 0.05) is 43.5 Å². The summed E-state index contributed by atoms with van der Waals surface area (Å²) in [6.45, 7) is 3.43. The van der Waals surface area contributed by atoms with E-state index in [1.165, 1.54) is 5.56 Å². The summed E-state index contributed by atoms with van der Waals surface area (Å²) in [6.07, 6.45) is 2.90. The number of fused-ring (bicyclic) bond motifs is 1. The molecule has 1 amide bonds. The first-order valence-electron chi connectivity index (χ1n) is 8.72. The molecule has 1 aromatic carbocycles. The van der Waals surface area contributed by atoms with Gasteiger partial charge >= 0.3 is 0 Å². The van der Waals surface area contributed by atoms with Crippen molar-refractivity contribution in [1.82, 2.24) is 4.90 Å². The molecule has 0 aliphatic carbocycles. The van der Waals surface area contributed by atoms with Crippen molar-refractivity contribution >= 4 is 23.1 Å². The first kappa shape index (κ1) is 16.0. The first-order chi connectivity index (χ1) is 12.2. The number of para-hydroxylation sites is 1. The molecule has 0 radical (unpaired) electrons. The predicted octanol–water partition coefficient (Wildman–Crippen LogP) is 1.55. The number of carbonyl (C=O) groups excluding carboxylic acids is 2. The van der Waals surface area contributed by atoms with Crippen LogP contribution in [0.4, 0.5) is 5.69 Å². The molecular formula is C19H21N3O3. The third-order valence-corrected chi connectivity index (χ3v) is 4.82. The van der Waals surface area contributed by atoms with Gasteiger partial charge in [-0.1, -0.05) is 18.2 Å². The molecule has 0 atom stereocenters. The molecule has 3 aliphatic rings. The quantitative estimate of drug-likeness (QED) is 0.838. The lowest BCUT2D eigenvalue weighted by Gasteiger charge is -2.30. The van der Waals surface area contributed by atoms with Crippen LogP contribution in [0.2, 0.25) is 0 Å². The van der Waals surface area contributed by atoms with Crippen LogP contribution in [-0.4, -0.2) is 55.2 Å². The van der Waals surface area contributed by atoms with E-state index in [-0.39, 0.29) is 24.5 Å². The number of nitrogens with zero attached hydrogens (tertiary/aromatic N) is 3.